The topological polar surface area (TPSA) is 105 Å². The molecular formula is C30H21N7O. The van der Waals surface area contributed by atoms with Crippen molar-refractivity contribution in [3.05, 3.63) is 109 Å². The van der Waals surface area contributed by atoms with Crippen LogP contribution in [0.4, 0.5) is 0 Å². The summed E-state index contributed by atoms with van der Waals surface area (Å²) >= 11 is 0. The monoisotopic (exact) mass is 495 g/mol. The number of hydrogen-bond donors (Lipinski definition) is 2. The molecule has 0 amide bonds. The lowest BCUT2D eigenvalue weighted by Gasteiger charge is -2.08. The quantitative estimate of drug-likeness (QED) is 0.284. The average molecular weight is 496 g/mol. The second-order valence-corrected chi connectivity index (χ2v) is 8.91. The number of nitrogens with zero attached hydrogens (tertiary/aromatic N) is 5. The van der Waals surface area contributed by atoms with Crippen LogP contribution < -0.4 is 4.74 Å². The Hall–Kier alpha value is -5.37. The van der Waals surface area contributed by atoms with Crippen LogP contribution >= 0.6 is 0 Å². The first-order chi connectivity index (χ1) is 18.8. The Morgan fingerprint density at radius 2 is 1.63 bits per heavy atom. The molecule has 7 aromatic rings. The van der Waals surface area contributed by atoms with Crippen LogP contribution in [0.5, 0.6) is 5.75 Å². The van der Waals surface area contributed by atoms with E-state index in [0.717, 1.165) is 61.3 Å². The van der Waals surface area contributed by atoms with Crippen molar-refractivity contribution < 1.29 is 4.74 Å². The third kappa shape index (κ3) is 4.04. The van der Waals surface area contributed by atoms with E-state index >= 15 is 0 Å². The van der Waals surface area contributed by atoms with Gasteiger partial charge in [0.15, 0.2) is 0 Å². The van der Waals surface area contributed by atoms with Crippen LogP contribution in [0.1, 0.15) is 5.56 Å². The van der Waals surface area contributed by atoms with Crippen LogP contribution in [0.2, 0.25) is 0 Å². The zero-order chi connectivity index (χ0) is 25.3. The van der Waals surface area contributed by atoms with Crippen LogP contribution in [0.3, 0.4) is 0 Å². The molecular weight excluding hydrogens is 474 g/mol. The van der Waals surface area contributed by atoms with Gasteiger partial charge in [-0.25, -0.2) is 4.98 Å². The summed E-state index contributed by atoms with van der Waals surface area (Å²) in [7, 11) is 0. The molecule has 6 aromatic heterocycles. The lowest BCUT2D eigenvalue weighted by Crippen LogP contribution is -1.96. The number of hydrogen-bond acceptors (Lipinski definition) is 6. The van der Waals surface area contributed by atoms with Gasteiger partial charge in [0.2, 0.25) is 0 Å². The number of nitrogens with one attached hydrogen (secondary N) is 2. The van der Waals surface area contributed by atoms with E-state index in [1.54, 1.807) is 31.0 Å². The Labute approximate surface area is 217 Å². The van der Waals surface area contributed by atoms with E-state index in [4.69, 9.17) is 4.74 Å². The van der Waals surface area contributed by atoms with E-state index in [0.29, 0.717) is 12.4 Å². The predicted molar refractivity (Wildman–Crippen MR) is 146 cm³/mol. The molecule has 0 radical (unpaired) electrons. The lowest BCUT2D eigenvalue weighted by molar-refractivity contribution is 0.305. The van der Waals surface area contributed by atoms with Gasteiger partial charge in [0, 0.05) is 41.1 Å². The van der Waals surface area contributed by atoms with Gasteiger partial charge in [-0.1, -0.05) is 30.3 Å². The van der Waals surface area contributed by atoms with Crippen molar-refractivity contribution in [2.45, 2.75) is 6.61 Å². The highest BCUT2D eigenvalue weighted by atomic mass is 16.5. The van der Waals surface area contributed by atoms with Gasteiger partial charge < -0.3 is 9.72 Å². The highest BCUT2D eigenvalue weighted by Crippen LogP contribution is 2.34. The van der Waals surface area contributed by atoms with Gasteiger partial charge >= 0.3 is 0 Å². The maximum Gasteiger partial charge on any atom is 0.138 e. The number of aromatic nitrogens is 7. The molecule has 0 aliphatic heterocycles. The largest absolute Gasteiger partial charge is 0.487 e. The molecule has 2 N–H and O–H groups in total. The van der Waals surface area contributed by atoms with Gasteiger partial charge in [-0.3, -0.25) is 20.1 Å². The molecule has 8 heteroatoms. The molecule has 0 aliphatic carbocycles. The Bertz CT molecular complexity index is 1880. The minimum atomic E-state index is 0.472. The van der Waals surface area contributed by atoms with Gasteiger partial charge in [0.1, 0.15) is 23.7 Å². The fourth-order valence-corrected chi connectivity index (χ4v) is 4.60. The number of rotatable bonds is 6. The molecule has 0 bridgehead atoms. The molecule has 0 aliphatic rings. The average Bonchev–Trinajstić information content (AvgIpc) is 3.61. The third-order valence-electron chi connectivity index (χ3n) is 6.48. The molecule has 1 aromatic carbocycles. The first-order valence-electron chi connectivity index (χ1n) is 12.2. The Kier molecular flexibility index (Phi) is 5.33. The van der Waals surface area contributed by atoms with Crippen LogP contribution in [0.15, 0.2) is 104 Å². The normalized spacial score (nSPS) is 11.3. The van der Waals surface area contributed by atoms with Gasteiger partial charge in [-0.05, 0) is 53.1 Å². The van der Waals surface area contributed by atoms with E-state index in [1.165, 1.54) is 0 Å². The second kappa shape index (κ2) is 9.25. The number of fused-ring (bicyclic) bond motifs is 2. The highest BCUT2D eigenvalue weighted by Gasteiger charge is 2.15. The predicted octanol–water partition coefficient (Wildman–Crippen LogP) is 6.20. The van der Waals surface area contributed by atoms with Crippen molar-refractivity contribution in [3.63, 3.8) is 0 Å². The van der Waals surface area contributed by atoms with E-state index < -0.39 is 0 Å². The van der Waals surface area contributed by atoms with Crippen molar-refractivity contribution in [1.29, 1.82) is 0 Å². The lowest BCUT2D eigenvalue weighted by atomic mass is 10.0. The molecule has 0 unspecified atom stereocenters. The SMILES string of the molecule is c1ccc(COc2cncc(-c3cc4c(-c5cc6c(-c7ccncc7)ccnc6[nH]5)n[nH]c4cn3)c2)cc1. The molecule has 0 atom stereocenters. The zero-order valence-corrected chi connectivity index (χ0v) is 20.2. The van der Waals surface area contributed by atoms with E-state index in [2.05, 4.69) is 41.2 Å². The molecule has 8 nitrogen and oxygen atoms in total. The van der Waals surface area contributed by atoms with Crippen LogP contribution in [-0.4, -0.2) is 35.1 Å². The van der Waals surface area contributed by atoms with Gasteiger partial charge in [0.05, 0.1) is 29.3 Å². The second-order valence-electron chi connectivity index (χ2n) is 8.91. The number of ether oxygens (including phenoxy) is 1. The molecule has 0 fully saturated rings. The van der Waals surface area contributed by atoms with Crippen LogP contribution in [0, 0.1) is 0 Å². The maximum absolute atomic E-state index is 5.98. The summed E-state index contributed by atoms with van der Waals surface area (Å²) in [5.74, 6) is 0.686. The molecule has 0 saturated carbocycles. The Morgan fingerprint density at radius 1 is 0.737 bits per heavy atom. The van der Waals surface area contributed by atoms with Crippen LogP contribution in [-0.2, 0) is 6.61 Å². The van der Waals surface area contributed by atoms with Gasteiger partial charge in [0.25, 0.3) is 0 Å². The number of pyridine rings is 4. The fourth-order valence-electron chi connectivity index (χ4n) is 4.60. The smallest absolute Gasteiger partial charge is 0.138 e. The first-order valence-corrected chi connectivity index (χ1v) is 12.2. The Balaban J connectivity index is 1.24. The molecule has 182 valence electrons. The molecule has 6 heterocycles. The first kappa shape index (κ1) is 21.9. The summed E-state index contributed by atoms with van der Waals surface area (Å²) < 4.78 is 5.98. The van der Waals surface area contributed by atoms with Crippen molar-refractivity contribution in [1.82, 2.24) is 35.1 Å². The Morgan fingerprint density at radius 3 is 2.53 bits per heavy atom. The van der Waals surface area contributed by atoms with E-state index in [1.807, 2.05) is 66.9 Å². The fraction of sp³-hybridized carbons (Fsp3) is 0.0333. The number of benzene rings is 1. The minimum Gasteiger partial charge on any atom is -0.487 e. The van der Waals surface area contributed by atoms with Crippen molar-refractivity contribution in [2.24, 2.45) is 0 Å². The summed E-state index contributed by atoms with van der Waals surface area (Å²) in [5.41, 5.74) is 8.22. The van der Waals surface area contributed by atoms with Crippen LogP contribution in [0.25, 0.3) is 55.7 Å². The standard InChI is InChI=1S/C30H21N7O/c1-2-4-19(5-3-1)18-38-22-12-21(15-32-16-22)26-14-25-28(17-34-26)36-37-29(25)27-13-24-23(8-11-33-30(24)35-27)20-6-9-31-10-7-20/h1-17H,18H2,(H,33,35)(H,36,37). The maximum atomic E-state index is 5.98. The summed E-state index contributed by atoms with van der Waals surface area (Å²) in [4.78, 5) is 21.2. The third-order valence-corrected chi connectivity index (χ3v) is 6.48. The molecule has 7 rings (SSSR count). The van der Waals surface area contributed by atoms with E-state index in [-0.39, 0.29) is 0 Å². The molecule has 38 heavy (non-hydrogen) atoms. The summed E-state index contributed by atoms with van der Waals surface area (Å²) in [6.45, 7) is 0.472. The summed E-state index contributed by atoms with van der Waals surface area (Å²) in [6.07, 6.45) is 10.7. The minimum absolute atomic E-state index is 0.472. The summed E-state index contributed by atoms with van der Waals surface area (Å²) in [6, 6.07) is 22.1. The van der Waals surface area contributed by atoms with E-state index in [9.17, 15) is 0 Å². The zero-order valence-electron chi connectivity index (χ0n) is 20.2. The highest BCUT2D eigenvalue weighted by molar-refractivity contribution is 6.00. The molecule has 0 saturated heterocycles. The number of H-pyrrole nitrogens is 2. The van der Waals surface area contributed by atoms with Crippen molar-refractivity contribution >= 4 is 21.9 Å². The molecule has 0 spiro atoms. The van der Waals surface area contributed by atoms with Gasteiger partial charge in [-0.2, -0.15) is 5.10 Å². The summed E-state index contributed by atoms with van der Waals surface area (Å²) in [5, 5.41) is 9.68. The van der Waals surface area contributed by atoms with Gasteiger partial charge in [-0.15, -0.1) is 0 Å². The van der Waals surface area contributed by atoms with Crippen molar-refractivity contribution in [2.75, 3.05) is 0 Å². The van der Waals surface area contributed by atoms with Crippen molar-refractivity contribution in [3.8, 4) is 39.5 Å². The number of aromatic amines is 2.